The van der Waals surface area contributed by atoms with E-state index in [4.69, 9.17) is 14.1 Å². The molecule has 4 aromatic carbocycles. The highest BCUT2D eigenvalue weighted by molar-refractivity contribution is 6.05. The number of amides is 1. The van der Waals surface area contributed by atoms with Crippen LogP contribution in [0, 0.1) is 0 Å². The summed E-state index contributed by atoms with van der Waals surface area (Å²) in [6, 6.07) is 26.8. The van der Waals surface area contributed by atoms with Gasteiger partial charge in [-0.05, 0) is 66.4 Å². The van der Waals surface area contributed by atoms with Gasteiger partial charge in [0.25, 0.3) is 5.91 Å². The van der Waals surface area contributed by atoms with Gasteiger partial charge in [-0.2, -0.15) is 0 Å². The van der Waals surface area contributed by atoms with Crippen molar-refractivity contribution < 1.29 is 13.9 Å². The Morgan fingerprint density at radius 3 is 2.52 bits per heavy atom. The Balaban J connectivity index is 1.29. The second kappa shape index (κ2) is 9.17. The van der Waals surface area contributed by atoms with E-state index in [1.807, 2.05) is 66.7 Å². The van der Waals surface area contributed by atoms with Gasteiger partial charge in [0.1, 0.15) is 11.3 Å². The Morgan fingerprint density at radius 2 is 1.73 bits per heavy atom. The summed E-state index contributed by atoms with van der Waals surface area (Å²) in [7, 11) is 0. The molecule has 0 radical (unpaired) electrons. The topological polar surface area (TPSA) is 64.4 Å². The Morgan fingerprint density at radius 1 is 0.939 bits per heavy atom. The zero-order chi connectivity index (χ0) is 22.6. The quantitative estimate of drug-likeness (QED) is 0.277. The lowest BCUT2D eigenvalue weighted by Crippen LogP contribution is -2.11. The molecule has 0 bridgehead atoms. The van der Waals surface area contributed by atoms with Crippen LogP contribution in [-0.4, -0.2) is 17.5 Å². The van der Waals surface area contributed by atoms with Crippen LogP contribution >= 0.6 is 0 Å². The summed E-state index contributed by atoms with van der Waals surface area (Å²) in [4.78, 5) is 17.3. The molecule has 0 spiro atoms. The standard InChI is InChI=1S/C28H24N2O3/c1-2-3-18-32-23-15-10-20(11-16-23)27(31)29-22-13-8-21(9-14-22)28-30-26-24-7-5-4-6-19(24)12-17-25(26)33-28/h4-17H,2-3,18H2,1H3,(H,29,31). The molecule has 5 heteroatoms. The van der Waals surface area contributed by atoms with Crippen molar-refractivity contribution in [2.24, 2.45) is 0 Å². The van der Waals surface area contributed by atoms with Crippen molar-refractivity contribution in [3.05, 3.63) is 90.5 Å². The van der Waals surface area contributed by atoms with Gasteiger partial charge in [-0.1, -0.05) is 43.7 Å². The van der Waals surface area contributed by atoms with Gasteiger partial charge in [0, 0.05) is 22.2 Å². The Hall–Kier alpha value is -4.12. The minimum atomic E-state index is -0.170. The third-order valence-electron chi connectivity index (χ3n) is 5.56. The summed E-state index contributed by atoms with van der Waals surface area (Å²) < 4.78 is 11.6. The molecule has 5 aromatic rings. The number of ether oxygens (including phenoxy) is 1. The van der Waals surface area contributed by atoms with Gasteiger partial charge in [0.05, 0.1) is 6.61 Å². The minimum Gasteiger partial charge on any atom is -0.494 e. The summed E-state index contributed by atoms with van der Waals surface area (Å²) in [5, 5.41) is 5.12. The van der Waals surface area contributed by atoms with E-state index in [1.165, 1.54) is 0 Å². The van der Waals surface area contributed by atoms with Gasteiger partial charge in [0.15, 0.2) is 5.58 Å². The van der Waals surface area contributed by atoms with Crippen LogP contribution in [0.2, 0.25) is 0 Å². The first-order chi connectivity index (χ1) is 16.2. The Labute approximate surface area is 192 Å². The second-order valence-electron chi connectivity index (χ2n) is 7.91. The van der Waals surface area contributed by atoms with Crippen molar-refractivity contribution in [3.63, 3.8) is 0 Å². The molecule has 0 atom stereocenters. The van der Waals surface area contributed by atoms with Gasteiger partial charge in [-0.15, -0.1) is 0 Å². The number of nitrogens with zero attached hydrogens (tertiary/aromatic N) is 1. The first-order valence-corrected chi connectivity index (χ1v) is 11.1. The molecule has 0 fully saturated rings. The number of nitrogens with one attached hydrogen (secondary N) is 1. The Bertz CT molecular complexity index is 1400. The van der Waals surface area contributed by atoms with E-state index in [1.54, 1.807) is 12.1 Å². The Kier molecular flexibility index (Phi) is 5.77. The summed E-state index contributed by atoms with van der Waals surface area (Å²) >= 11 is 0. The molecule has 0 aliphatic carbocycles. The zero-order valence-corrected chi connectivity index (χ0v) is 18.4. The number of hydrogen-bond donors (Lipinski definition) is 1. The number of benzene rings is 4. The van der Waals surface area contributed by atoms with Crippen molar-refractivity contribution in [1.29, 1.82) is 0 Å². The van der Waals surface area contributed by atoms with Crippen molar-refractivity contribution in [1.82, 2.24) is 4.98 Å². The molecule has 0 saturated carbocycles. The van der Waals surface area contributed by atoms with E-state index in [0.29, 0.717) is 23.7 Å². The van der Waals surface area contributed by atoms with Crippen molar-refractivity contribution >= 4 is 33.5 Å². The first-order valence-electron chi connectivity index (χ1n) is 11.1. The van der Waals surface area contributed by atoms with Crippen LogP contribution in [0.25, 0.3) is 33.3 Å². The maximum Gasteiger partial charge on any atom is 0.255 e. The van der Waals surface area contributed by atoms with Crippen LogP contribution in [0.15, 0.2) is 89.3 Å². The van der Waals surface area contributed by atoms with Crippen molar-refractivity contribution in [3.8, 4) is 17.2 Å². The molecular formula is C28H24N2O3. The van der Waals surface area contributed by atoms with E-state index in [0.717, 1.165) is 46.0 Å². The highest BCUT2D eigenvalue weighted by Crippen LogP contribution is 2.30. The van der Waals surface area contributed by atoms with Gasteiger partial charge < -0.3 is 14.5 Å². The van der Waals surface area contributed by atoms with Crippen molar-refractivity contribution in [2.75, 3.05) is 11.9 Å². The number of fused-ring (bicyclic) bond motifs is 3. The van der Waals surface area contributed by atoms with Gasteiger partial charge >= 0.3 is 0 Å². The van der Waals surface area contributed by atoms with Crippen LogP contribution in [0.1, 0.15) is 30.1 Å². The average Bonchev–Trinajstić information content (AvgIpc) is 3.30. The lowest BCUT2D eigenvalue weighted by molar-refractivity contribution is 0.102. The highest BCUT2D eigenvalue weighted by atomic mass is 16.5. The molecule has 1 heterocycles. The van der Waals surface area contributed by atoms with E-state index >= 15 is 0 Å². The summed E-state index contributed by atoms with van der Waals surface area (Å²) in [5.41, 5.74) is 3.73. The maximum atomic E-state index is 12.6. The molecule has 0 aliphatic rings. The third-order valence-corrected chi connectivity index (χ3v) is 5.56. The summed E-state index contributed by atoms with van der Waals surface area (Å²) in [6.07, 6.45) is 2.10. The number of aromatic nitrogens is 1. The third kappa shape index (κ3) is 4.44. The van der Waals surface area contributed by atoms with Crippen LogP contribution in [0.5, 0.6) is 5.75 Å². The first kappa shape index (κ1) is 20.8. The molecule has 33 heavy (non-hydrogen) atoms. The highest BCUT2D eigenvalue weighted by Gasteiger charge is 2.12. The largest absolute Gasteiger partial charge is 0.494 e. The van der Waals surface area contributed by atoms with E-state index < -0.39 is 0 Å². The average molecular weight is 437 g/mol. The minimum absolute atomic E-state index is 0.170. The molecule has 5 nitrogen and oxygen atoms in total. The van der Waals surface area contributed by atoms with Crippen LogP contribution in [0.3, 0.4) is 0 Å². The number of hydrogen-bond acceptors (Lipinski definition) is 4. The summed E-state index contributed by atoms with van der Waals surface area (Å²) in [6.45, 7) is 2.81. The number of carbonyl (C=O) groups excluding carboxylic acids is 1. The number of carbonyl (C=O) groups is 1. The van der Waals surface area contributed by atoms with Crippen molar-refractivity contribution in [2.45, 2.75) is 19.8 Å². The van der Waals surface area contributed by atoms with Crippen LogP contribution in [-0.2, 0) is 0 Å². The molecule has 5 rings (SSSR count). The molecule has 1 N–H and O–H groups in total. The van der Waals surface area contributed by atoms with Gasteiger partial charge in [0.2, 0.25) is 5.89 Å². The fraction of sp³-hybridized carbons (Fsp3) is 0.143. The predicted octanol–water partition coefficient (Wildman–Crippen LogP) is 7.08. The molecular weight excluding hydrogens is 412 g/mol. The zero-order valence-electron chi connectivity index (χ0n) is 18.4. The normalized spacial score (nSPS) is 11.1. The molecule has 164 valence electrons. The monoisotopic (exact) mass is 436 g/mol. The van der Waals surface area contributed by atoms with Crippen LogP contribution < -0.4 is 10.1 Å². The SMILES string of the molecule is CCCCOc1ccc(C(=O)Nc2ccc(-c3nc4c(ccc5ccccc54)o3)cc2)cc1. The van der Waals surface area contributed by atoms with Gasteiger partial charge in [-0.25, -0.2) is 4.98 Å². The number of unbranched alkanes of at least 4 members (excludes halogenated alkanes) is 1. The lowest BCUT2D eigenvalue weighted by Gasteiger charge is -2.08. The number of anilines is 1. The summed E-state index contributed by atoms with van der Waals surface area (Å²) in [5.74, 6) is 1.16. The fourth-order valence-corrected chi connectivity index (χ4v) is 3.72. The van der Waals surface area contributed by atoms with E-state index in [2.05, 4.69) is 18.3 Å². The molecule has 1 amide bonds. The molecule has 0 unspecified atom stereocenters. The predicted molar refractivity (Wildman–Crippen MR) is 132 cm³/mol. The van der Waals surface area contributed by atoms with Gasteiger partial charge in [-0.3, -0.25) is 4.79 Å². The van der Waals surface area contributed by atoms with E-state index in [9.17, 15) is 4.79 Å². The molecule has 1 aromatic heterocycles. The smallest absolute Gasteiger partial charge is 0.255 e. The fourth-order valence-electron chi connectivity index (χ4n) is 3.72. The van der Waals surface area contributed by atoms with Crippen LogP contribution in [0.4, 0.5) is 5.69 Å². The second-order valence-corrected chi connectivity index (χ2v) is 7.91. The lowest BCUT2D eigenvalue weighted by atomic mass is 10.1. The number of rotatable bonds is 7. The number of oxazole rings is 1. The van der Waals surface area contributed by atoms with E-state index in [-0.39, 0.29) is 5.91 Å². The maximum absolute atomic E-state index is 12.6. The molecule has 0 saturated heterocycles. The molecule has 0 aliphatic heterocycles.